The second-order valence-corrected chi connectivity index (χ2v) is 5.67. The molecule has 0 spiro atoms. The molecule has 1 N–H and O–H groups in total. The molecular weight excluding hydrogens is 321 g/mol. The van der Waals surface area contributed by atoms with Gasteiger partial charge in [0.1, 0.15) is 5.75 Å². The Bertz CT molecular complexity index is 736. The molecule has 0 radical (unpaired) electrons. The number of nitrogens with one attached hydrogen (secondary N) is 1. The fraction of sp³-hybridized carbons (Fsp3) is 0.294. The summed E-state index contributed by atoms with van der Waals surface area (Å²) >= 11 is 0. The molecule has 1 fully saturated rings. The molecule has 0 aliphatic heterocycles. The highest BCUT2D eigenvalue weighted by molar-refractivity contribution is 5.93. The van der Waals surface area contributed by atoms with Crippen LogP contribution in [0.1, 0.15) is 28.8 Å². The number of hydrogen-bond acceptors (Lipinski definition) is 3. The molecule has 1 saturated carbocycles. The minimum Gasteiger partial charge on any atom is -0.439 e. The molecule has 1 aromatic heterocycles. The maximum Gasteiger partial charge on any atom is 0.398 e. The van der Waals surface area contributed by atoms with E-state index < -0.39 is 11.6 Å². The highest BCUT2D eigenvalue weighted by Gasteiger charge is 2.64. The van der Waals surface area contributed by atoms with Gasteiger partial charge < -0.3 is 10.1 Å². The largest absolute Gasteiger partial charge is 0.439 e. The van der Waals surface area contributed by atoms with Crippen LogP contribution in [0.3, 0.4) is 0 Å². The number of carbonyl (C=O) groups is 1. The van der Waals surface area contributed by atoms with Crippen LogP contribution in [0.25, 0.3) is 0 Å². The lowest BCUT2D eigenvalue weighted by Gasteiger charge is -2.19. The summed E-state index contributed by atoms with van der Waals surface area (Å²) in [5.74, 6) is 0.379. The standard InChI is InChI=1S/C17H15F3N2O2/c1-21-15(23)11-2-7-14(22-10-11)24-13-5-3-12(4-6-13)16(8-9-16)17(18,19)20/h2-7,10H,8-9H2,1H3,(H,21,23). The molecule has 2 aromatic rings. The third-order valence-electron chi connectivity index (χ3n) is 4.15. The summed E-state index contributed by atoms with van der Waals surface area (Å²) in [4.78, 5) is 15.4. The van der Waals surface area contributed by atoms with Gasteiger partial charge in [0.2, 0.25) is 5.88 Å². The fourth-order valence-electron chi connectivity index (χ4n) is 2.54. The van der Waals surface area contributed by atoms with Gasteiger partial charge in [-0.2, -0.15) is 13.2 Å². The Morgan fingerprint density at radius 2 is 1.83 bits per heavy atom. The number of pyridine rings is 1. The number of rotatable bonds is 4. The number of nitrogens with zero attached hydrogens (tertiary/aromatic N) is 1. The number of halogens is 3. The first-order valence-corrected chi connectivity index (χ1v) is 7.39. The maximum absolute atomic E-state index is 13.1. The normalized spacial score (nSPS) is 15.7. The van der Waals surface area contributed by atoms with Crippen LogP contribution in [0.2, 0.25) is 0 Å². The smallest absolute Gasteiger partial charge is 0.398 e. The van der Waals surface area contributed by atoms with Gasteiger partial charge in [-0.15, -0.1) is 0 Å². The second kappa shape index (κ2) is 5.81. The van der Waals surface area contributed by atoms with E-state index in [4.69, 9.17) is 4.74 Å². The molecule has 4 nitrogen and oxygen atoms in total. The van der Waals surface area contributed by atoms with Crippen LogP contribution in [0, 0.1) is 0 Å². The molecule has 0 atom stereocenters. The van der Waals surface area contributed by atoms with E-state index in [9.17, 15) is 18.0 Å². The fourth-order valence-corrected chi connectivity index (χ4v) is 2.54. The van der Waals surface area contributed by atoms with E-state index in [-0.39, 0.29) is 30.2 Å². The first-order valence-electron chi connectivity index (χ1n) is 7.39. The van der Waals surface area contributed by atoms with Crippen LogP contribution in [-0.4, -0.2) is 24.1 Å². The van der Waals surface area contributed by atoms with Crippen LogP contribution >= 0.6 is 0 Å². The lowest BCUT2D eigenvalue weighted by Crippen LogP contribution is -2.28. The lowest BCUT2D eigenvalue weighted by molar-refractivity contribution is -0.160. The third kappa shape index (κ3) is 2.93. The molecule has 1 aromatic carbocycles. The maximum atomic E-state index is 13.1. The molecule has 7 heteroatoms. The molecule has 0 unspecified atom stereocenters. The van der Waals surface area contributed by atoms with Gasteiger partial charge in [0.15, 0.2) is 0 Å². The summed E-state index contributed by atoms with van der Waals surface area (Å²) < 4.78 is 44.8. The molecule has 24 heavy (non-hydrogen) atoms. The van der Waals surface area contributed by atoms with E-state index in [0.29, 0.717) is 11.3 Å². The molecular formula is C17H15F3N2O2. The van der Waals surface area contributed by atoms with Gasteiger partial charge >= 0.3 is 6.18 Å². The van der Waals surface area contributed by atoms with Crippen LogP contribution < -0.4 is 10.1 Å². The van der Waals surface area contributed by atoms with Gasteiger partial charge in [-0.3, -0.25) is 4.79 Å². The van der Waals surface area contributed by atoms with E-state index >= 15 is 0 Å². The molecule has 1 amide bonds. The summed E-state index contributed by atoms with van der Waals surface area (Å²) in [5.41, 5.74) is -1.05. The number of alkyl halides is 3. The molecule has 3 rings (SSSR count). The van der Waals surface area contributed by atoms with Gasteiger partial charge in [-0.05, 0) is 36.6 Å². The second-order valence-electron chi connectivity index (χ2n) is 5.67. The van der Waals surface area contributed by atoms with Crippen molar-refractivity contribution in [2.24, 2.45) is 0 Å². The average Bonchev–Trinajstić information content (AvgIpc) is 3.37. The number of benzene rings is 1. The first-order chi connectivity index (χ1) is 11.4. The van der Waals surface area contributed by atoms with Gasteiger partial charge in [-0.1, -0.05) is 12.1 Å². The van der Waals surface area contributed by atoms with Crippen LogP contribution in [0.4, 0.5) is 13.2 Å². The van der Waals surface area contributed by atoms with E-state index in [1.54, 1.807) is 6.07 Å². The van der Waals surface area contributed by atoms with Crippen molar-refractivity contribution < 1.29 is 22.7 Å². The zero-order valence-electron chi connectivity index (χ0n) is 12.9. The number of amides is 1. The van der Waals surface area contributed by atoms with Crippen molar-refractivity contribution in [2.75, 3.05) is 7.05 Å². The van der Waals surface area contributed by atoms with E-state index in [0.717, 1.165) is 0 Å². The number of hydrogen-bond donors (Lipinski definition) is 1. The van der Waals surface area contributed by atoms with Crippen molar-refractivity contribution in [2.45, 2.75) is 24.4 Å². The van der Waals surface area contributed by atoms with E-state index in [1.807, 2.05) is 0 Å². The van der Waals surface area contributed by atoms with Gasteiger partial charge in [0, 0.05) is 19.3 Å². The SMILES string of the molecule is CNC(=O)c1ccc(Oc2ccc(C3(C(F)(F)F)CC3)cc2)nc1. The van der Waals surface area contributed by atoms with Crippen molar-refractivity contribution in [3.8, 4) is 11.6 Å². The van der Waals surface area contributed by atoms with Crippen molar-refractivity contribution in [3.63, 3.8) is 0 Å². The predicted molar refractivity (Wildman–Crippen MR) is 81.1 cm³/mol. The Morgan fingerprint density at radius 1 is 1.17 bits per heavy atom. The summed E-state index contributed by atoms with van der Waals surface area (Å²) in [6.45, 7) is 0. The van der Waals surface area contributed by atoms with E-state index in [1.165, 1.54) is 43.6 Å². The molecule has 0 saturated heterocycles. The summed E-state index contributed by atoms with van der Waals surface area (Å²) in [5, 5.41) is 2.48. The van der Waals surface area contributed by atoms with Crippen LogP contribution in [0.15, 0.2) is 42.6 Å². The summed E-state index contributed by atoms with van der Waals surface area (Å²) in [7, 11) is 1.52. The van der Waals surface area contributed by atoms with Crippen molar-refractivity contribution in [1.82, 2.24) is 10.3 Å². The highest BCUT2D eigenvalue weighted by atomic mass is 19.4. The minimum absolute atomic E-state index is 0.124. The first kappa shape index (κ1) is 16.3. The predicted octanol–water partition coefficient (Wildman–Crippen LogP) is 3.83. The summed E-state index contributed by atoms with van der Waals surface area (Å²) in [6.07, 6.45) is -2.61. The quantitative estimate of drug-likeness (QED) is 0.923. The Labute approximate surface area is 136 Å². The molecule has 1 heterocycles. The Kier molecular flexibility index (Phi) is 3.95. The molecule has 1 aliphatic carbocycles. The van der Waals surface area contributed by atoms with Gasteiger partial charge in [0.25, 0.3) is 5.91 Å². The minimum atomic E-state index is -4.23. The lowest BCUT2D eigenvalue weighted by atomic mass is 9.95. The monoisotopic (exact) mass is 336 g/mol. The molecule has 1 aliphatic rings. The third-order valence-corrected chi connectivity index (χ3v) is 4.15. The van der Waals surface area contributed by atoms with Crippen molar-refractivity contribution in [3.05, 3.63) is 53.7 Å². The Morgan fingerprint density at radius 3 is 2.29 bits per heavy atom. The number of ether oxygens (including phenoxy) is 1. The number of aromatic nitrogens is 1. The topological polar surface area (TPSA) is 51.2 Å². The average molecular weight is 336 g/mol. The Balaban J connectivity index is 1.72. The van der Waals surface area contributed by atoms with Crippen molar-refractivity contribution >= 4 is 5.91 Å². The van der Waals surface area contributed by atoms with Crippen LogP contribution in [0.5, 0.6) is 11.6 Å². The molecule has 126 valence electrons. The Hall–Kier alpha value is -2.57. The summed E-state index contributed by atoms with van der Waals surface area (Å²) in [6, 6.07) is 8.95. The van der Waals surface area contributed by atoms with Crippen molar-refractivity contribution in [1.29, 1.82) is 0 Å². The number of carbonyl (C=O) groups excluding carboxylic acids is 1. The zero-order valence-corrected chi connectivity index (χ0v) is 12.9. The van der Waals surface area contributed by atoms with E-state index in [2.05, 4.69) is 10.3 Å². The highest BCUT2D eigenvalue weighted by Crippen LogP contribution is 2.58. The van der Waals surface area contributed by atoms with Gasteiger partial charge in [-0.25, -0.2) is 4.98 Å². The van der Waals surface area contributed by atoms with Gasteiger partial charge in [0.05, 0.1) is 11.0 Å². The molecule has 0 bridgehead atoms. The zero-order chi connectivity index (χ0) is 17.4. The van der Waals surface area contributed by atoms with Crippen LogP contribution in [-0.2, 0) is 5.41 Å².